The van der Waals surface area contributed by atoms with Crippen LogP contribution in [0.5, 0.6) is 0 Å². The van der Waals surface area contributed by atoms with Gasteiger partial charge in [-0.3, -0.25) is 4.79 Å². The molecule has 0 saturated heterocycles. The van der Waals surface area contributed by atoms with E-state index in [2.05, 4.69) is 10.5 Å². The standard InChI is InChI=1S/C15H16N2O2/c1-11(2)14(12-7-4-3-5-8-12)16-17-15(18)13-9-6-10-19-13/h3-11H,1-2H3,(H,17,18)/b16-14-. The number of hydrazone groups is 1. The topological polar surface area (TPSA) is 54.6 Å². The van der Waals surface area contributed by atoms with Gasteiger partial charge in [-0.1, -0.05) is 44.2 Å². The molecule has 1 heterocycles. The fraction of sp³-hybridized carbons (Fsp3) is 0.200. The van der Waals surface area contributed by atoms with E-state index in [1.807, 2.05) is 44.2 Å². The van der Waals surface area contributed by atoms with Gasteiger partial charge in [0.15, 0.2) is 5.76 Å². The quantitative estimate of drug-likeness (QED) is 0.675. The van der Waals surface area contributed by atoms with Gasteiger partial charge in [0.05, 0.1) is 12.0 Å². The molecule has 4 nitrogen and oxygen atoms in total. The number of benzene rings is 1. The van der Waals surface area contributed by atoms with Crippen LogP contribution >= 0.6 is 0 Å². The predicted molar refractivity (Wildman–Crippen MR) is 74.0 cm³/mol. The average Bonchev–Trinajstić information content (AvgIpc) is 2.93. The normalized spacial score (nSPS) is 11.6. The number of carbonyl (C=O) groups is 1. The zero-order chi connectivity index (χ0) is 13.7. The number of nitrogens with zero attached hydrogens (tertiary/aromatic N) is 1. The minimum Gasteiger partial charge on any atom is -0.459 e. The highest BCUT2D eigenvalue weighted by molar-refractivity contribution is 6.03. The van der Waals surface area contributed by atoms with E-state index >= 15 is 0 Å². The third-order valence-corrected chi connectivity index (χ3v) is 2.64. The molecular formula is C15H16N2O2. The van der Waals surface area contributed by atoms with Crippen molar-refractivity contribution in [3.05, 3.63) is 60.1 Å². The minimum absolute atomic E-state index is 0.208. The molecule has 2 aromatic rings. The number of amides is 1. The Balaban J connectivity index is 2.16. The Kier molecular flexibility index (Phi) is 4.13. The molecule has 0 bridgehead atoms. The molecule has 0 radical (unpaired) electrons. The molecule has 0 saturated carbocycles. The van der Waals surface area contributed by atoms with Gasteiger partial charge < -0.3 is 4.42 Å². The van der Waals surface area contributed by atoms with Crippen molar-refractivity contribution in [2.45, 2.75) is 13.8 Å². The smallest absolute Gasteiger partial charge is 0.307 e. The molecule has 4 heteroatoms. The molecule has 0 fully saturated rings. The minimum atomic E-state index is -0.348. The molecule has 0 unspecified atom stereocenters. The number of furan rings is 1. The van der Waals surface area contributed by atoms with Gasteiger partial charge in [-0.05, 0) is 23.6 Å². The van der Waals surface area contributed by atoms with E-state index in [0.717, 1.165) is 11.3 Å². The van der Waals surface area contributed by atoms with E-state index in [1.165, 1.54) is 6.26 Å². The molecule has 1 aromatic heterocycles. The number of hydrogen-bond acceptors (Lipinski definition) is 3. The number of nitrogens with one attached hydrogen (secondary N) is 1. The average molecular weight is 256 g/mol. The second kappa shape index (κ2) is 6.00. The first-order chi connectivity index (χ1) is 9.18. The highest BCUT2D eigenvalue weighted by Crippen LogP contribution is 2.09. The van der Waals surface area contributed by atoms with Crippen LogP contribution < -0.4 is 5.43 Å². The summed E-state index contributed by atoms with van der Waals surface area (Å²) in [4.78, 5) is 11.8. The first kappa shape index (κ1) is 13.1. The van der Waals surface area contributed by atoms with Crippen LogP contribution in [-0.2, 0) is 0 Å². The zero-order valence-electron chi connectivity index (χ0n) is 11.0. The zero-order valence-corrected chi connectivity index (χ0v) is 11.0. The van der Waals surface area contributed by atoms with Gasteiger partial charge in [-0.2, -0.15) is 5.10 Å². The highest BCUT2D eigenvalue weighted by atomic mass is 16.3. The van der Waals surface area contributed by atoms with Crippen molar-refractivity contribution in [1.82, 2.24) is 5.43 Å². The van der Waals surface area contributed by atoms with Crippen LogP contribution in [0.4, 0.5) is 0 Å². The molecule has 0 aliphatic carbocycles. The van der Waals surface area contributed by atoms with Crippen LogP contribution in [0.3, 0.4) is 0 Å². The lowest BCUT2D eigenvalue weighted by Crippen LogP contribution is -2.21. The van der Waals surface area contributed by atoms with E-state index in [-0.39, 0.29) is 17.6 Å². The first-order valence-corrected chi connectivity index (χ1v) is 6.15. The summed E-state index contributed by atoms with van der Waals surface area (Å²) in [6, 6.07) is 13.0. The van der Waals surface area contributed by atoms with Gasteiger partial charge >= 0.3 is 5.91 Å². The van der Waals surface area contributed by atoms with Crippen molar-refractivity contribution < 1.29 is 9.21 Å². The molecule has 1 amide bonds. The summed E-state index contributed by atoms with van der Waals surface area (Å²) in [6.07, 6.45) is 1.46. The van der Waals surface area contributed by atoms with Gasteiger partial charge in [0, 0.05) is 0 Å². The monoisotopic (exact) mass is 256 g/mol. The fourth-order valence-corrected chi connectivity index (χ4v) is 1.71. The summed E-state index contributed by atoms with van der Waals surface area (Å²) in [7, 11) is 0. The predicted octanol–water partition coefficient (Wildman–Crippen LogP) is 3.07. The molecule has 0 atom stereocenters. The lowest BCUT2D eigenvalue weighted by Gasteiger charge is -2.10. The van der Waals surface area contributed by atoms with Crippen LogP contribution in [-0.4, -0.2) is 11.6 Å². The second-order valence-electron chi connectivity index (χ2n) is 4.44. The van der Waals surface area contributed by atoms with Crippen molar-refractivity contribution in [1.29, 1.82) is 0 Å². The summed E-state index contributed by atoms with van der Waals surface area (Å²) < 4.78 is 5.01. The molecule has 1 aromatic carbocycles. The maximum atomic E-state index is 11.8. The largest absolute Gasteiger partial charge is 0.459 e. The van der Waals surface area contributed by atoms with Gasteiger partial charge in [0.25, 0.3) is 0 Å². The molecular weight excluding hydrogens is 240 g/mol. The van der Waals surface area contributed by atoms with Gasteiger partial charge in [0.1, 0.15) is 0 Å². The SMILES string of the molecule is CC(C)/C(=N/NC(=O)c1ccco1)c1ccccc1. The Bertz CT molecular complexity index is 557. The van der Waals surface area contributed by atoms with Crippen molar-refractivity contribution in [3.63, 3.8) is 0 Å². The van der Waals surface area contributed by atoms with E-state index in [4.69, 9.17) is 4.42 Å². The maximum Gasteiger partial charge on any atom is 0.307 e. The molecule has 98 valence electrons. The molecule has 0 aliphatic heterocycles. The molecule has 0 spiro atoms. The summed E-state index contributed by atoms with van der Waals surface area (Å²) in [5.74, 6) is 0.110. The molecule has 19 heavy (non-hydrogen) atoms. The van der Waals surface area contributed by atoms with Crippen LogP contribution in [0.25, 0.3) is 0 Å². The van der Waals surface area contributed by atoms with E-state index in [9.17, 15) is 4.79 Å². The lowest BCUT2D eigenvalue weighted by atomic mass is 10.0. The van der Waals surface area contributed by atoms with Gasteiger partial charge in [0.2, 0.25) is 0 Å². The van der Waals surface area contributed by atoms with Crippen LogP contribution in [0, 0.1) is 5.92 Å². The Morgan fingerprint density at radius 1 is 1.16 bits per heavy atom. The third kappa shape index (κ3) is 3.31. The third-order valence-electron chi connectivity index (χ3n) is 2.64. The first-order valence-electron chi connectivity index (χ1n) is 6.15. The second-order valence-corrected chi connectivity index (χ2v) is 4.44. The maximum absolute atomic E-state index is 11.8. The number of rotatable bonds is 4. The molecule has 1 N–H and O–H groups in total. The lowest BCUT2D eigenvalue weighted by molar-refractivity contribution is 0.0927. The highest BCUT2D eigenvalue weighted by Gasteiger charge is 2.11. The van der Waals surface area contributed by atoms with Crippen LogP contribution in [0.15, 0.2) is 58.2 Å². The van der Waals surface area contributed by atoms with Crippen molar-refractivity contribution >= 4 is 11.6 Å². The van der Waals surface area contributed by atoms with E-state index in [0.29, 0.717) is 0 Å². The Hall–Kier alpha value is -2.36. The summed E-state index contributed by atoms with van der Waals surface area (Å²) in [5, 5.41) is 4.21. The van der Waals surface area contributed by atoms with E-state index < -0.39 is 0 Å². The fourth-order valence-electron chi connectivity index (χ4n) is 1.71. The van der Waals surface area contributed by atoms with Crippen molar-refractivity contribution in [2.24, 2.45) is 11.0 Å². The number of hydrogen-bond donors (Lipinski definition) is 1. The van der Waals surface area contributed by atoms with E-state index in [1.54, 1.807) is 12.1 Å². The summed E-state index contributed by atoms with van der Waals surface area (Å²) in [6.45, 7) is 4.07. The molecule has 0 aliphatic rings. The van der Waals surface area contributed by atoms with Crippen molar-refractivity contribution in [3.8, 4) is 0 Å². The van der Waals surface area contributed by atoms with Gasteiger partial charge in [-0.15, -0.1) is 0 Å². The summed E-state index contributed by atoms with van der Waals surface area (Å²) in [5.41, 5.74) is 4.35. The van der Waals surface area contributed by atoms with Gasteiger partial charge in [-0.25, -0.2) is 5.43 Å². The Labute approximate surface area is 112 Å². The number of carbonyl (C=O) groups excluding carboxylic acids is 1. The summed E-state index contributed by atoms with van der Waals surface area (Å²) >= 11 is 0. The molecule has 2 rings (SSSR count). The Morgan fingerprint density at radius 3 is 2.47 bits per heavy atom. The van der Waals surface area contributed by atoms with Crippen molar-refractivity contribution in [2.75, 3.05) is 0 Å². The van der Waals surface area contributed by atoms with Crippen LogP contribution in [0.1, 0.15) is 30.0 Å². The van der Waals surface area contributed by atoms with Crippen LogP contribution in [0.2, 0.25) is 0 Å². The Morgan fingerprint density at radius 2 is 1.89 bits per heavy atom.